The molecule has 3 fully saturated rings. The molecular formula is C64H84F3N5O15S3. The molecule has 90 heavy (non-hydrogen) atoms. The van der Waals surface area contributed by atoms with E-state index in [1.54, 1.807) is 45.0 Å². The molecule has 20 nitrogen and oxygen atoms in total. The number of nitrogens with zero attached hydrogens (tertiary/aromatic N) is 2. The number of hydrogen-bond donors (Lipinski definition) is 3. The van der Waals surface area contributed by atoms with Crippen LogP contribution in [0.2, 0.25) is 0 Å². The molecule has 6 aromatic carbocycles. The second kappa shape index (κ2) is 33.4. The standard InChI is InChI=1S/2C20H23FN2O5S.C20H22FNO5S.4CH4/c2*1-13-10-14(4-6-18(13)21)22-20(24)17-11-15(5-7-19(17)27-3)23(2)29(25,26)16-8-9-28-12-16;1-13-9-15(4-5-18(13)21)22-20(23)17-10-14(3-6-19(17)26-2)12-28(24,25)16-7-8-27-11-16;;;;/h2*4-7,10-11,16H,8-9,12H2,1-3H3,(H,22,24);3-6,9-10,16H,7-8,11-12H2,1-2H3,(H,22,23);4*1H4/t2*16-;;;;;/m11...../s1. The lowest BCUT2D eigenvalue weighted by Crippen LogP contribution is -2.36. The van der Waals surface area contributed by atoms with E-state index in [-0.39, 0.29) is 89.4 Å². The first-order valence-corrected chi connectivity index (χ1v) is 31.7. The lowest BCUT2D eigenvalue weighted by atomic mass is 10.1. The monoisotopic (exact) mass is 1320 g/mol. The van der Waals surface area contributed by atoms with Gasteiger partial charge in [0.2, 0.25) is 20.0 Å². The molecule has 0 bridgehead atoms. The molecule has 6 aromatic rings. The average Bonchev–Trinajstić information content (AvgIpc) is 1.07. The third kappa shape index (κ3) is 18.7. The highest BCUT2D eigenvalue weighted by molar-refractivity contribution is 7.93. The molecule has 0 radical (unpaired) electrons. The Hall–Kier alpha value is -7.75. The molecule has 3 heterocycles. The summed E-state index contributed by atoms with van der Waals surface area (Å²) in [6.07, 6.45) is 1.34. The zero-order valence-electron chi connectivity index (χ0n) is 48.6. The van der Waals surface area contributed by atoms with Gasteiger partial charge in [-0.1, -0.05) is 35.8 Å². The summed E-state index contributed by atoms with van der Waals surface area (Å²) in [5.41, 5.74) is 4.17. The maximum absolute atomic E-state index is 13.5. The summed E-state index contributed by atoms with van der Waals surface area (Å²) < 4.78 is 150. The van der Waals surface area contributed by atoms with Crippen LogP contribution in [0.1, 0.15) is 102 Å². The summed E-state index contributed by atoms with van der Waals surface area (Å²) >= 11 is 0. The number of ether oxygens (including phenoxy) is 6. The molecule has 3 amide bonds. The van der Waals surface area contributed by atoms with Crippen molar-refractivity contribution in [1.29, 1.82) is 0 Å². The Kier molecular flexibility index (Phi) is 28.4. The molecule has 3 aliphatic heterocycles. The molecule has 0 aliphatic carbocycles. The quantitative estimate of drug-likeness (QED) is 0.0723. The zero-order valence-corrected chi connectivity index (χ0v) is 51.0. The molecular weight excluding hydrogens is 1230 g/mol. The van der Waals surface area contributed by atoms with Crippen molar-refractivity contribution < 1.29 is 81.2 Å². The number of amides is 3. The Morgan fingerprint density at radius 3 is 1.08 bits per heavy atom. The summed E-state index contributed by atoms with van der Waals surface area (Å²) in [4.78, 5) is 38.3. The topological polar surface area (TPSA) is 252 Å². The van der Waals surface area contributed by atoms with Crippen molar-refractivity contribution in [3.8, 4) is 17.2 Å². The van der Waals surface area contributed by atoms with Gasteiger partial charge in [-0.2, -0.15) is 0 Å². The minimum absolute atomic E-state index is 0. The largest absolute Gasteiger partial charge is 0.496 e. The number of carbonyl (C=O) groups is 3. The Bertz CT molecular complexity index is 3640. The van der Waals surface area contributed by atoms with Crippen LogP contribution in [0.15, 0.2) is 109 Å². The number of hydrogen-bond acceptors (Lipinski definition) is 15. The second-order valence-electron chi connectivity index (χ2n) is 20.3. The predicted octanol–water partition coefficient (Wildman–Crippen LogP) is 11.5. The van der Waals surface area contributed by atoms with E-state index in [0.717, 1.165) is 8.61 Å². The molecule has 0 spiro atoms. The van der Waals surface area contributed by atoms with Crippen LogP contribution < -0.4 is 38.8 Å². The number of methoxy groups -OCH3 is 3. The zero-order chi connectivity index (χ0) is 62.7. The molecule has 0 aromatic heterocycles. The number of sulfone groups is 1. The van der Waals surface area contributed by atoms with Crippen LogP contribution in [0.5, 0.6) is 17.2 Å². The van der Waals surface area contributed by atoms with Gasteiger partial charge in [0.25, 0.3) is 17.7 Å². The summed E-state index contributed by atoms with van der Waals surface area (Å²) in [6, 6.07) is 26.6. The highest BCUT2D eigenvalue weighted by atomic mass is 32.2. The van der Waals surface area contributed by atoms with Gasteiger partial charge in [-0.15, -0.1) is 0 Å². The number of rotatable bonds is 18. The van der Waals surface area contributed by atoms with Crippen LogP contribution in [-0.4, -0.2) is 134 Å². The Labute approximate surface area is 528 Å². The van der Waals surface area contributed by atoms with Gasteiger partial charge in [-0.05, 0) is 165 Å². The molecule has 1 unspecified atom stereocenters. The number of halogens is 3. The van der Waals surface area contributed by atoms with Crippen molar-refractivity contribution in [2.24, 2.45) is 0 Å². The van der Waals surface area contributed by atoms with Crippen molar-refractivity contribution in [2.45, 2.75) is 91.2 Å². The fraction of sp³-hybridized carbons (Fsp3) is 0.391. The number of anilines is 5. The summed E-state index contributed by atoms with van der Waals surface area (Å²) in [7, 11) is -3.48. The maximum Gasteiger partial charge on any atom is 0.259 e. The number of carbonyl (C=O) groups excluding carboxylic acids is 3. The van der Waals surface area contributed by atoms with Crippen LogP contribution in [0.4, 0.5) is 41.6 Å². The van der Waals surface area contributed by atoms with E-state index in [4.69, 9.17) is 28.4 Å². The Morgan fingerprint density at radius 1 is 0.467 bits per heavy atom. The minimum Gasteiger partial charge on any atom is -0.496 e. The van der Waals surface area contributed by atoms with E-state index < -0.39 is 63.4 Å². The van der Waals surface area contributed by atoms with Crippen molar-refractivity contribution in [3.63, 3.8) is 0 Å². The highest BCUT2D eigenvalue weighted by Crippen LogP contribution is 2.32. The fourth-order valence-electron chi connectivity index (χ4n) is 9.31. The molecule has 9 rings (SSSR count). The Balaban J connectivity index is 0.000000345. The first-order chi connectivity index (χ1) is 40.8. The van der Waals surface area contributed by atoms with E-state index >= 15 is 0 Å². The third-order valence-corrected chi connectivity index (χ3v) is 21.0. The first kappa shape index (κ1) is 76.5. The van der Waals surface area contributed by atoms with E-state index in [1.165, 1.54) is 120 Å². The van der Waals surface area contributed by atoms with Gasteiger partial charge in [-0.3, -0.25) is 23.0 Å². The van der Waals surface area contributed by atoms with Crippen molar-refractivity contribution in [2.75, 3.05) is 99.6 Å². The summed E-state index contributed by atoms with van der Waals surface area (Å²) in [5, 5.41) is 6.31. The number of nitrogens with one attached hydrogen (secondary N) is 3. The van der Waals surface area contributed by atoms with E-state index in [1.807, 2.05) is 0 Å². The third-order valence-electron chi connectivity index (χ3n) is 14.5. The smallest absolute Gasteiger partial charge is 0.259 e. The van der Waals surface area contributed by atoms with Gasteiger partial charge in [0, 0.05) is 51.0 Å². The maximum atomic E-state index is 13.5. The van der Waals surface area contributed by atoms with Crippen LogP contribution in [0.25, 0.3) is 0 Å². The number of aryl methyl sites for hydroxylation is 3. The molecule has 3 atom stereocenters. The molecule has 494 valence electrons. The molecule has 3 saturated heterocycles. The van der Waals surface area contributed by atoms with Crippen molar-refractivity contribution >= 4 is 76.0 Å². The lowest BCUT2D eigenvalue weighted by Gasteiger charge is -2.23. The number of sulfonamides is 2. The van der Waals surface area contributed by atoms with Gasteiger partial charge >= 0.3 is 0 Å². The Morgan fingerprint density at radius 2 is 0.778 bits per heavy atom. The SMILES string of the molecule is C.C.C.C.COc1ccc(CS(=O)(=O)C2CCOC2)cc1C(=O)Nc1ccc(F)c(C)c1.COc1ccc(N(C)S(=O)(=O)[C@@H]2CCOC2)cc1C(=O)Nc1ccc(F)c(C)c1.COc1ccc(N(C)S(=O)(=O)[C@@H]2CCOC2)cc1C(=O)Nc1ccc(F)c(C)c1. The normalized spacial score (nSPS) is 15.8. The second-order valence-corrected chi connectivity index (χ2v) is 27.1. The molecule has 0 saturated carbocycles. The highest BCUT2D eigenvalue weighted by Gasteiger charge is 2.36. The molecule has 3 aliphatic rings. The fourth-order valence-corrected chi connectivity index (χ4v) is 14.0. The first-order valence-electron chi connectivity index (χ1n) is 26.9. The average molecular weight is 1320 g/mol. The van der Waals surface area contributed by atoms with E-state index in [9.17, 15) is 52.8 Å². The van der Waals surface area contributed by atoms with Gasteiger partial charge in [0.1, 0.15) is 45.2 Å². The van der Waals surface area contributed by atoms with Gasteiger partial charge < -0.3 is 44.4 Å². The van der Waals surface area contributed by atoms with Crippen LogP contribution in [0.3, 0.4) is 0 Å². The van der Waals surface area contributed by atoms with E-state index in [0.29, 0.717) is 107 Å². The van der Waals surface area contributed by atoms with Crippen molar-refractivity contribution in [3.05, 3.63) is 166 Å². The molecule has 26 heteroatoms. The summed E-state index contributed by atoms with van der Waals surface area (Å²) in [6.45, 7) is 6.56. The van der Waals surface area contributed by atoms with E-state index in [2.05, 4.69) is 16.0 Å². The lowest BCUT2D eigenvalue weighted by molar-refractivity contribution is 0.101. The minimum atomic E-state index is -3.63. The van der Waals surface area contributed by atoms with Crippen LogP contribution in [0, 0.1) is 38.2 Å². The molecule has 3 N–H and O–H groups in total. The number of benzene rings is 6. The van der Waals surface area contributed by atoms with Gasteiger partial charge in [-0.25, -0.2) is 38.4 Å². The van der Waals surface area contributed by atoms with Gasteiger partial charge in [0.15, 0.2) is 9.84 Å². The van der Waals surface area contributed by atoms with Crippen LogP contribution >= 0.6 is 0 Å². The van der Waals surface area contributed by atoms with Crippen LogP contribution in [-0.2, 0) is 49.8 Å². The van der Waals surface area contributed by atoms with Gasteiger partial charge in [0.05, 0.1) is 80.2 Å². The predicted molar refractivity (Wildman–Crippen MR) is 348 cm³/mol. The summed E-state index contributed by atoms with van der Waals surface area (Å²) in [5.74, 6) is -1.84. The van der Waals surface area contributed by atoms with Crippen molar-refractivity contribution in [1.82, 2.24) is 0 Å².